The predicted octanol–water partition coefficient (Wildman–Crippen LogP) is 1.73. The highest BCUT2D eigenvalue weighted by atomic mass is 16.4. The van der Waals surface area contributed by atoms with Crippen molar-refractivity contribution in [2.75, 3.05) is 5.32 Å². The van der Waals surface area contributed by atoms with Crippen molar-refractivity contribution in [3.8, 4) is 0 Å². The second-order valence-electron chi connectivity index (χ2n) is 2.29. The van der Waals surface area contributed by atoms with Crippen molar-refractivity contribution < 1.29 is 9.90 Å². The molecule has 0 aromatic carbocycles. The molecule has 4 nitrogen and oxygen atoms in total. The SMILES string of the molecule is CCc1cccnc1NC(=O)O. The van der Waals surface area contributed by atoms with Crippen LogP contribution in [0.25, 0.3) is 0 Å². The van der Waals surface area contributed by atoms with E-state index in [9.17, 15) is 4.79 Å². The molecule has 0 aliphatic heterocycles. The van der Waals surface area contributed by atoms with Crippen molar-refractivity contribution in [1.82, 2.24) is 4.98 Å². The number of aryl methyl sites for hydroxylation is 1. The second kappa shape index (κ2) is 3.71. The lowest BCUT2D eigenvalue weighted by molar-refractivity contribution is 0.209. The van der Waals surface area contributed by atoms with Crippen LogP contribution in [0.15, 0.2) is 18.3 Å². The van der Waals surface area contributed by atoms with Gasteiger partial charge in [-0.05, 0) is 18.1 Å². The van der Waals surface area contributed by atoms with Crippen LogP contribution in [-0.4, -0.2) is 16.2 Å². The van der Waals surface area contributed by atoms with E-state index < -0.39 is 6.09 Å². The largest absolute Gasteiger partial charge is 0.465 e. The van der Waals surface area contributed by atoms with E-state index in [0.29, 0.717) is 5.82 Å². The number of hydrogen-bond donors (Lipinski definition) is 2. The molecule has 0 saturated heterocycles. The van der Waals surface area contributed by atoms with Crippen LogP contribution in [0, 0.1) is 0 Å². The highest BCUT2D eigenvalue weighted by Crippen LogP contribution is 2.10. The van der Waals surface area contributed by atoms with Gasteiger partial charge in [0.05, 0.1) is 0 Å². The third-order valence-electron chi connectivity index (χ3n) is 1.50. The number of carbonyl (C=O) groups is 1. The van der Waals surface area contributed by atoms with E-state index >= 15 is 0 Å². The Morgan fingerprint density at radius 2 is 2.50 bits per heavy atom. The summed E-state index contributed by atoms with van der Waals surface area (Å²) in [5.74, 6) is 0.424. The van der Waals surface area contributed by atoms with Gasteiger partial charge in [-0.3, -0.25) is 5.32 Å². The monoisotopic (exact) mass is 166 g/mol. The van der Waals surface area contributed by atoms with Crippen molar-refractivity contribution in [3.05, 3.63) is 23.9 Å². The van der Waals surface area contributed by atoms with Crippen LogP contribution in [0.1, 0.15) is 12.5 Å². The Balaban J connectivity index is 2.89. The fourth-order valence-corrected chi connectivity index (χ4v) is 0.938. The fourth-order valence-electron chi connectivity index (χ4n) is 0.938. The minimum Gasteiger partial charge on any atom is -0.465 e. The standard InChI is InChI=1S/C8H10N2O2/c1-2-6-4-3-5-9-7(6)10-8(11)12/h3-5H,2H2,1H3,(H,9,10)(H,11,12). The summed E-state index contributed by atoms with van der Waals surface area (Å²) in [7, 11) is 0. The number of nitrogens with zero attached hydrogens (tertiary/aromatic N) is 1. The molecule has 0 saturated carbocycles. The van der Waals surface area contributed by atoms with Crippen LogP contribution in [0.2, 0.25) is 0 Å². The molecule has 12 heavy (non-hydrogen) atoms. The summed E-state index contributed by atoms with van der Waals surface area (Å²) >= 11 is 0. The molecular formula is C8H10N2O2. The molecule has 0 radical (unpaired) electrons. The third kappa shape index (κ3) is 1.95. The Bertz CT molecular complexity index is 286. The minimum atomic E-state index is -1.08. The molecule has 64 valence electrons. The lowest BCUT2D eigenvalue weighted by Crippen LogP contribution is -2.10. The van der Waals surface area contributed by atoms with Gasteiger partial charge in [0.15, 0.2) is 0 Å². The lowest BCUT2D eigenvalue weighted by atomic mass is 10.2. The van der Waals surface area contributed by atoms with Gasteiger partial charge in [0, 0.05) is 6.20 Å². The average Bonchev–Trinajstić information content (AvgIpc) is 2.04. The molecule has 2 N–H and O–H groups in total. The Kier molecular flexibility index (Phi) is 2.63. The topological polar surface area (TPSA) is 62.2 Å². The molecule has 1 amide bonds. The van der Waals surface area contributed by atoms with E-state index in [2.05, 4.69) is 10.3 Å². The van der Waals surface area contributed by atoms with E-state index in [-0.39, 0.29) is 0 Å². The molecular weight excluding hydrogens is 156 g/mol. The maximum atomic E-state index is 10.3. The Morgan fingerprint density at radius 1 is 1.75 bits per heavy atom. The van der Waals surface area contributed by atoms with Gasteiger partial charge < -0.3 is 5.11 Å². The van der Waals surface area contributed by atoms with Crippen molar-refractivity contribution in [2.45, 2.75) is 13.3 Å². The number of pyridine rings is 1. The zero-order chi connectivity index (χ0) is 8.97. The van der Waals surface area contributed by atoms with E-state index in [1.807, 2.05) is 13.0 Å². The molecule has 0 bridgehead atoms. The van der Waals surface area contributed by atoms with Gasteiger partial charge in [-0.15, -0.1) is 0 Å². The smallest absolute Gasteiger partial charge is 0.410 e. The molecule has 1 rings (SSSR count). The Morgan fingerprint density at radius 3 is 3.08 bits per heavy atom. The van der Waals surface area contributed by atoms with Crippen LogP contribution in [0.4, 0.5) is 10.6 Å². The van der Waals surface area contributed by atoms with Gasteiger partial charge in [0.25, 0.3) is 0 Å². The van der Waals surface area contributed by atoms with E-state index in [1.54, 1.807) is 12.3 Å². The average molecular weight is 166 g/mol. The van der Waals surface area contributed by atoms with Crippen LogP contribution in [0.5, 0.6) is 0 Å². The Hall–Kier alpha value is -1.58. The first-order valence-electron chi connectivity index (χ1n) is 3.68. The summed E-state index contributed by atoms with van der Waals surface area (Å²) in [6, 6.07) is 3.63. The summed E-state index contributed by atoms with van der Waals surface area (Å²) in [6.07, 6.45) is 1.25. The van der Waals surface area contributed by atoms with Gasteiger partial charge in [-0.25, -0.2) is 9.78 Å². The second-order valence-corrected chi connectivity index (χ2v) is 2.29. The number of amides is 1. The third-order valence-corrected chi connectivity index (χ3v) is 1.50. The number of hydrogen-bond acceptors (Lipinski definition) is 2. The summed E-state index contributed by atoms with van der Waals surface area (Å²) in [6.45, 7) is 1.95. The molecule has 1 aromatic heterocycles. The quantitative estimate of drug-likeness (QED) is 0.703. The molecule has 0 atom stereocenters. The predicted molar refractivity (Wildman–Crippen MR) is 45.3 cm³/mol. The van der Waals surface area contributed by atoms with Gasteiger partial charge >= 0.3 is 6.09 Å². The maximum Gasteiger partial charge on any atom is 0.410 e. The number of carboxylic acid groups (broad SMARTS) is 1. The fraction of sp³-hybridized carbons (Fsp3) is 0.250. The highest BCUT2D eigenvalue weighted by Gasteiger charge is 2.02. The number of aromatic nitrogens is 1. The molecule has 0 spiro atoms. The van der Waals surface area contributed by atoms with Crippen LogP contribution in [-0.2, 0) is 6.42 Å². The highest BCUT2D eigenvalue weighted by molar-refractivity contribution is 5.82. The molecule has 4 heteroatoms. The van der Waals surface area contributed by atoms with Crippen LogP contribution in [0.3, 0.4) is 0 Å². The Labute approximate surface area is 70.3 Å². The van der Waals surface area contributed by atoms with Crippen molar-refractivity contribution in [1.29, 1.82) is 0 Å². The van der Waals surface area contributed by atoms with Gasteiger partial charge in [0.2, 0.25) is 0 Å². The van der Waals surface area contributed by atoms with E-state index in [4.69, 9.17) is 5.11 Å². The zero-order valence-corrected chi connectivity index (χ0v) is 6.74. The molecule has 1 aromatic rings. The minimum absolute atomic E-state index is 0.424. The summed E-state index contributed by atoms with van der Waals surface area (Å²) in [5, 5.41) is 10.7. The summed E-state index contributed by atoms with van der Waals surface area (Å²) < 4.78 is 0. The number of nitrogens with one attached hydrogen (secondary N) is 1. The molecule has 0 unspecified atom stereocenters. The molecule has 0 aliphatic rings. The first-order chi connectivity index (χ1) is 5.74. The van der Waals surface area contributed by atoms with Crippen LogP contribution >= 0.6 is 0 Å². The lowest BCUT2D eigenvalue weighted by Gasteiger charge is -2.03. The van der Waals surface area contributed by atoms with E-state index in [0.717, 1.165) is 12.0 Å². The first-order valence-corrected chi connectivity index (χ1v) is 3.68. The molecule has 1 heterocycles. The normalized spacial score (nSPS) is 9.42. The summed E-state index contributed by atoms with van der Waals surface area (Å²) in [4.78, 5) is 14.2. The maximum absolute atomic E-state index is 10.3. The van der Waals surface area contributed by atoms with Crippen molar-refractivity contribution in [3.63, 3.8) is 0 Å². The zero-order valence-electron chi connectivity index (χ0n) is 6.74. The van der Waals surface area contributed by atoms with Gasteiger partial charge in [-0.2, -0.15) is 0 Å². The van der Waals surface area contributed by atoms with Gasteiger partial charge in [0.1, 0.15) is 5.82 Å². The van der Waals surface area contributed by atoms with E-state index in [1.165, 1.54) is 0 Å². The molecule has 0 aliphatic carbocycles. The van der Waals surface area contributed by atoms with Crippen molar-refractivity contribution >= 4 is 11.9 Å². The number of rotatable bonds is 2. The summed E-state index contributed by atoms with van der Waals surface area (Å²) in [5.41, 5.74) is 0.903. The first kappa shape index (κ1) is 8.52. The van der Waals surface area contributed by atoms with Crippen LogP contribution < -0.4 is 5.32 Å². The molecule has 0 fully saturated rings. The van der Waals surface area contributed by atoms with Crippen molar-refractivity contribution in [2.24, 2.45) is 0 Å². The van der Waals surface area contributed by atoms with Gasteiger partial charge in [-0.1, -0.05) is 13.0 Å². The number of anilines is 1.